The molecule has 0 radical (unpaired) electrons. The number of hydrogen-bond acceptors (Lipinski definition) is 3. The molecule has 1 heterocycles. The van der Waals surface area contributed by atoms with Crippen molar-refractivity contribution in [2.45, 2.75) is 32.9 Å². The number of carbonyl (C=O) groups excluding carboxylic acids is 1. The number of hydrogen-bond donors (Lipinski definition) is 2. The fourth-order valence-electron chi connectivity index (χ4n) is 3.78. The number of benzene rings is 2. The molecule has 0 aromatic heterocycles. The van der Waals surface area contributed by atoms with Crippen LogP contribution in [0.1, 0.15) is 29.5 Å². The summed E-state index contributed by atoms with van der Waals surface area (Å²) >= 11 is 0. The number of ether oxygens (including phenoxy) is 2. The molecule has 5 heteroatoms. The van der Waals surface area contributed by atoms with Crippen molar-refractivity contribution >= 4 is 5.91 Å². The highest BCUT2D eigenvalue weighted by Crippen LogP contribution is 2.27. The number of quaternary nitrogens is 1. The molecule has 1 amide bonds. The first-order chi connectivity index (χ1) is 13.6. The Balaban J connectivity index is 1.46. The number of methoxy groups -OCH3 is 2. The third-order valence-electron chi connectivity index (χ3n) is 5.55. The van der Waals surface area contributed by atoms with Crippen LogP contribution in [0.2, 0.25) is 0 Å². The van der Waals surface area contributed by atoms with E-state index in [4.69, 9.17) is 9.47 Å². The van der Waals surface area contributed by atoms with E-state index in [9.17, 15) is 4.79 Å². The largest absolute Gasteiger partial charge is 0.493 e. The second-order valence-corrected chi connectivity index (χ2v) is 7.59. The molecule has 28 heavy (non-hydrogen) atoms. The van der Waals surface area contributed by atoms with E-state index >= 15 is 0 Å². The molecule has 2 aromatic rings. The molecule has 5 nitrogen and oxygen atoms in total. The van der Waals surface area contributed by atoms with Gasteiger partial charge in [0, 0.05) is 30.9 Å². The minimum absolute atomic E-state index is 0.125. The Morgan fingerprint density at radius 2 is 1.64 bits per heavy atom. The third kappa shape index (κ3) is 5.26. The van der Waals surface area contributed by atoms with Gasteiger partial charge in [-0.05, 0) is 30.7 Å². The van der Waals surface area contributed by atoms with Crippen molar-refractivity contribution in [2.75, 3.05) is 27.3 Å². The van der Waals surface area contributed by atoms with Crippen molar-refractivity contribution in [1.29, 1.82) is 0 Å². The van der Waals surface area contributed by atoms with E-state index in [1.165, 1.54) is 16.0 Å². The van der Waals surface area contributed by atoms with Crippen molar-refractivity contribution < 1.29 is 19.2 Å². The van der Waals surface area contributed by atoms with Crippen LogP contribution in [0, 0.1) is 12.8 Å². The maximum absolute atomic E-state index is 12.5. The van der Waals surface area contributed by atoms with Crippen LogP contribution in [0.3, 0.4) is 0 Å². The predicted molar refractivity (Wildman–Crippen MR) is 110 cm³/mol. The van der Waals surface area contributed by atoms with E-state index < -0.39 is 0 Å². The van der Waals surface area contributed by atoms with Gasteiger partial charge >= 0.3 is 0 Å². The number of carbonyl (C=O) groups is 1. The second-order valence-electron chi connectivity index (χ2n) is 7.59. The lowest BCUT2D eigenvalue weighted by Gasteiger charge is -2.28. The highest BCUT2D eigenvalue weighted by Gasteiger charge is 2.27. The van der Waals surface area contributed by atoms with E-state index in [2.05, 4.69) is 42.6 Å². The molecule has 3 rings (SSSR count). The molecule has 2 aromatic carbocycles. The van der Waals surface area contributed by atoms with Crippen molar-refractivity contribution in [3.63, 3.8) is 0 Å². The van der Waals surface area contributed by atoms with Gasteiger partial charge in [0.05, 0.1) is 27.3 Å². The highest BCUT2D eigenvalue weighted by atomic mass is 16.5. The Morgan fingerprint density at radius 3 is 2.29 bits per heavy atom. The van der Waals surface area contributed by atoms with Gasteiger partial charge in [0.15, 0.2) is 11.5 Å². The number of aryl methyl sites for hydroxylation is 1. The molecule has 150 valence electrons. The molecular weight excluding hydrogens is 352 g/mol. The van der Waals surface area contributed by atoms with E-state index in [1.807, 2.05) is 12.1 Å². The highest BCUT2D eigenvalue weighted by molar-refractivity contribution is 5.78. The van der Waals surface area contributed by atoms with Gasteiger partial charge in [0.1, 0.15) is 6.54 Å². The van der Waals surface area contributed by atoms with Crippen LogP contribution < -0.4 is 19.7 Å². The minimum atomic E-state index is 0.125. The van der Waals surface area contributed by atoms with Crippen LogP contribution in [0.25, 0.3) is 0 Å². The summed E-state index contributed by atoms with van der Waals surface area (Å²) in [6.45, 7) is 5.64. The van der Waals surface area contributed by atoms with Crippen molar-refractivity contribution in [3.8, 4) is 11.5 Å². The Bertz CT molecular complexity index is 781. The van der Waals surface area contributed by atoms with Crippen LogP contribution in [-0.2, 0) is 17.9 Å². The number of rotatable bonds is 7. The predicted octanol–water partition coefficient (Wildman–Crippen LogP) is 2.12. The van der Waals surface area contributed by atoms with E-state index in [0.29, 0.717) is 6.54 Å². The molecule has 0 unspecified atom stereocenters. The molecular formula is C23H31N2O3+. The van der Waals surface area contributed by atoms with Gasteiger partial charge in [-0.3, -0.25) is 4.79 Å². The smallest absolute Gasteiger partial charge is 0.223 e. The van der Waals surface area contributed by atoms with Crippen molar-refractivity contribution in [1.82, 2.24) is 5.32 Å². The molecule has 0 saturated carbocycles. The maximum atomic E-state index is 12.5. The average Bonchev–Trinajstić information content (AvgIpc) is 2.73. The van der Waals surface area contributed by atoms with Crippen molar-refractivity contribution in [2.24, 2.45) is 5.92 Å². The summed E-state index contributed by atoms with van der Waals surface area (Å²) in [4.78, 5) is 14.0. The van der Waals surface area contributed by atoms with E-state index in [0.717, 1.165) is 49.5 Å². The summed E-state index contributed by atoms with van der Waals surface area (Å²) < 4.78 is 10.7. The Hall–Kier alpha value is -2.53. The molecule has 0 aliphatic carbocycles. The molecule has 1 fully saturated rings. The van der Waals surface area contributed by atoms with Gasteiger partial charge in [-0.2, -0.15) is 0 Å². The summed E-state index contributed by atoms with van der Waals surface area (Å²) in [5.74, 6) is 1.83. The Labute approximate surface area is 167 Å². The standard InChI is InChI=1S/C23H30N2O3/c1-17-4-6-18(7-5-17)15-24-23(26)20-10-12-25(13-11-20)16-19-8-9-21(27-2)22(14-19)28-3/h4-9,14,20H,10-13,15-16H2,1-3H3,(H,24,26)/p+1. The molecule has 1 aliphatic heterocycles. The third-order valence-corrected chi connectivity index (χ3v) is 5.55. The summed E-state index contributed by atoms with van der Waals surface area (Å²) in [7, 11) is 3.31. The van der Waals surface area contributed by atoms with Gasteiger partial charge in [0.2, 0.25) is 5.91 Å². The normalized spacial score (nSPS) is 19.1. The van der Waals surface area contributed by atoms with E-state index in [-0.39, 0.29) is 11.8 Å². The summed E-state index contributed by atoms with van der Waals surface area (Å²) in [5.41, 5.74) is 3.62. The summed E-state index contributed by atoms with van der Waals surface area (Å²) in [5, 5.41) is 3.10. The van der Waals surface area contributed by atoms with Gasteiger partial charge < -0.3 is 19.7 Å². The summed E-state index contributed by atoms with van der Waals surface area (Å²) in [6, 6.07) is 14.4. The molecule has 1 aliphatic rings. The first-order valence-electron chi connectivity index (χ1n) is 9.96. The average molecular weight is 384 g/mol. The van der Waals surface area contributed by atoms with Crippen LogP contribution in [0.5, 0.6) is 11.5 Å². The SMILES string of the molecule is COc1ccc(C[NH+]2CCC(C(=O)NCc3ccc(C)cc3)CC2)cc1OC. The van der Waals surface area contributed by atoms with Gasteiger partial charge in [0.25, 0.3) is 0 Å². The maximum Gasteiger partial charge on any atom is 0.223 e. The monoisotopic (exact) mass is 383 g/mol. The van der Waals surface area contributed by atoms with Gasteiger partial charge in [-0.1, -0.05) is 29.8 Å². The van der Waals surface area contributed by atoms with Crippen LogP contribution in [0.4, 0.5) is 0 Å². The number of likely N-dealkylation sites (tertiary alicyclic amines) is 1. The number of nitrogens with one attached hydrogen (secondary N) is 2. The van der Waals surface area contributed by atoms with Crippen LogP contribution in [-0.4, -0.2) is 33.2 Å². The lowest BCUT2D eigenvalue weighted by molar-refractivity contribution is -0.919. The van der Waals surface area contributed by atoms with Gasteiger partial charge in [-0.25, -0.2) is 0 Å². The fraction of sp³-hybridized carbons (Fsp3) is 0.435. The van der Waals surface area contributed by atoms with Crippen LogP contribution in [0.15, 0.2) is 42.5 Å². The Morgan fingerprint density at radius 1 is 1.00 bits per heavy atom. The van der Waals surface area contributed by atoms with E-state index in [1.54, 1.807) is 14.2 Å². The topological polar surface area (TPSA) is 52.0 Å². The Kier molecular flexibility index (Phi) is 6.93. The van der Waals surface area contributed by atoms with Crippen LogP contribution >= 0.6 is 0 Å². The zero-order chi connectivity index (χ0) is 19.9. The van der Waals surface area contributed by atoms with Crippen molar-refractivity contribution in [3.05, 3.63) is 59.2 Å². The van der Waals surface area contributed by atoms with Gasteiger partial charge in [-0.15, -0.1) is 0 Å². The zero-order valence-electron chi connectivity index (χ0n) is 17.1. The quantitative estimate of drug-likeness (QED) is 0.770. The molecule has 0 bridgehead atoms. The lowest BCUT2D eigenvalue weighted by atomic mass is 9.95. The second kappa shape index (κ2) is 9.60. The molecule has 0 atom stereocenters. The fourth-order valence-corrected chi connectivity index (χ4v) is 3.78. The molecule has 2 N–H and O–H groups in total. The first-order valence-corrected chi connectivity index (χ1v) is 9.96. The zero-order valence-corrected chi connectivity index (χ0v) is 17.1. The number of piperidine rings is 1. The summed E-state index contributed by atoms with van der Waals surface area (Å²) in [6.07, 6.45) is 1.87. The first kappa shape index (κ1) is 20.2. The minimum Gasteiger partial charge on any atom is -0.493 e. The molecule has 1 saturated heterocycles. The molecule has 0 spiro atoms. The lowest BCUT2D eigenvalue weighted by Crippen LogP contribution is -3.11. The number of amides is 1.